The van der Waals surface area contributed by atoms with Gasteiger partial charge in [0.2, 0.25) is 0 Å². The molecule has 0 aromatic heterocycles. The molecule has 4 nitrogen and oxygen atoms in total. The first-order valence-electron chi connectivity index (χ1n) is 6.49. The molecule has 0 bridgehead atoms. The number of benzene rings is 2. The standard InChI is InChI=1S/C16H17NO3/c1-11(2)20-16-9-8-14(10-15(16)17(18)19)13-6-4-12(3)5-7-13/h4-11H,1-3H3. The Kier molecular flexibility index (Phi) is 4.03. The summed E-state index contributed by atoms with van der Waals surface area (Å²) in [7, 11) is 0. The number of nitro groups is 1. The summed E-state index contributed by atoms with van der Waals surface area (Å²) in [6.07, 6.45) is -0.0982. The molecule has 0 spiro atoms. The van der Waals surface area contributed by atoms with E-state index in [1.807, 2.05) is 51.1 Å². The summed E-state index contributed by atoms with van der Waals surface area (Å²) in [6.45, 7) is 5.70. The van der Waals surface area contributed by atoms with Gasteiger partial charge in [0.15, 0.2) is 5.75 Å². The molecule has 0 atom stereocenters. The summed E-state index contributed by atoms with van der Waals surface area (Å²) in [5, 5.41) is 11.2. The zero-order chi connectivity index (χ0) is 14.7. The lowest BCUT2D eigenvalue weighted by atomic mass is 10.0. The van der Waals surface area contributed by atoms with Gasteiger partial charge >= 0.3 is 5.69 Å². The van der Waals surface area contributed by atoms with Crippen LogP contribution >= 0.6 is 0 Å². The molecule has 0 saturated carbocycles. The highest BCUT2D eigenvalue weighted by Gasteiger charge is 2.17. The highest BCUT2D eigenvalue weighted by atomic mass is 16.6. The Morgan fingerprint density at radius 2 is 1.65 bits per heavy atom. The van der Waals surface area contributed by atoms with E-state index in [0.717, 1.165) is 16.7 Å². The lowest BCUT2D eigenvalue weighted by Gasteiger charge is -2.11. The van der Waals surface area contributed by atoms with Crippen LogP contribution in [0.15, 0.2) is 42.5 Å². The lowest BCUT2D eigenvalue weighted by molar-refractivity contribution is -0.386. The monoisotopic (exact) mass is 271 g/mol. The first-order valence-corrected chi connectivity index (χ1v) is 6.49. The lowest BCUT2D eigenvalue weighted by Crippen LogP contribution is -2.07. The first kappa shape index (κ1) is 14.1. The third kappa shape index (κ3) is 3.15. The van der Waals surface area contributed by atoms with Gasteiger partial charge in [0.1, 0.15) is 0 Å². The summed E-state index contributed by atoms with van der Waals surface area (Å²) < 4.78 is 5.47. The van der Waals surface area contributed by atoms with Crippen LogP contribution in [0.25, 0.3) is 11.1 Å². The average molecular weight is 271 g/mol. The van der Waals surface area contributed by atoms with Crippen LogP contribution in [0.3, 0.4) is 0 Å². The van der Waals surface area contributed by atoms with Gasteiger partial charge in [0, 0.05) is 6.07 Å². The molecule has 0 heterocycles. The Morgan fingerprint density at radius 1 is 1.05 bits per heavy atom. The van der Waals surface area contributed by atoms with E-state index in [2.05, 4.69) is 0 Å². The summed E-state index contributed by atoms with van der Waals surface area (Å²) in [4.78, 5) is 10.8. The second kappa shape index (κ2) is 5.74. The minimum atomic E-state index is -0.407. The van der Waals surface area contributed by atoms with Crippen molar-refractivity contribution in [2.24, 2.45) is 0 Å². The van der Waals surface area contributed by atoms with E-state index in [0.29, 0.717) is 5.75 Å². The van der Waals surface area contributed by atoms with Crippen molar-refractivity contribution < 1.29 is 9.66 Å². The first-order chi connectivity index (χ1) is 9.47. The molecule has 0 aliphatic rings. The summed E-state index contributed by atoms with van der Waals surface area (Å²) in [5.74, 6) is 0.306. The number of nitrogens with zero attached hydrogens (tertiary/aromatic N) is 1. The van der Waals surface area contributed by atoms with E-state index in [-0.39, 0.29) is 11.8 Å². The zero-order valence-electron chi connectivity index (χ0n) is 11.8. The van der Waals surface area contributed by atoms with E-state index in [4.69, 9.17) is 4.74 Å². The molecule has 0 fully saturated rings. The maximum atomic E-state index is 11.2. The highest BCUT2D eigenvalue weighted by molar-refractivity contribution is 5.69. The van der Waals surface area contributed by atoms with Crippen molar-refractivity contribution in [3.63, 3.8) is 0 Å². The van der Waals surface area contributed by atoms with Gasteiger partial charge in [-0.05, 0) is 38.0 Å². The van der Waals surface area contributed by atoms with Gasteiger partial charge < -0.3 is 4.74 Å². The smallest absolute Gasteiger partial charge is 0.311 e. The summed E-state index contributed by atoms with van der Waals surface area (Å²) >= 11 is 0. The Balaban J connectivity index is 2.44. The molecule has 0 radical (unpaired) electrons. The van der Waals surface area contributed by atoms with Crippen molar-refractivity contribution in [2.45, 2.75) is 26.9 Å². The van der Waals surface area contributed by atoms with Crippen LogP contribution in [0.4, 0.5) is 5.69 Å². The summed E-state index contributed by atoms with van der Waals surface area (Å²) in [5.41, 5.74) is 2.92. The molecule has 0 aliphatic heterocycles. The van der Waals surface area contributed by atoms with Crippen LogP contribution in [0.5, 0.6) is 5.75 Å². The molecule has 0 amide bonds. The molecule has 0 N–H and O–H groups in total. The van der Waals surface area contributed by atoms with Crippen LogP contribution in [-0.2, 0) is 0 Å². The van der Waals surface area contributed by atoms with Gasteiger partial charge in [-0.1, -0.05) is 35.9 Å². The zero-order valence-corrected chi connectivity index (χ0v) is 11.8. The van der Waals surface area contributed by atoms with E-state index < -0.39 is 4.92 Å². The van der Waals surface area contributed by atoms with Crippen LogP contribution < -0.4 is 4.74 Å². The quantitative estimate of drug-likeness (QED) is 0.613. The fraction of sp³-hybridized carbons (Fsp3) is 0.250. The number of aryl methyl sites for hydroxylation is 1. The van der Waals surface area contributed by atoms with Gasteiger partial charge in [-0.25, -0.2) is 0 Å². The largest absolute Gasteiger partial charge is 0.484 e. The molecule has 4 heteroatoms. The molecule has 0 aliphatic carbocycles. The Bertz CT molecular complexity index is 618. The maximum Gasteiger partial charge on any atom is 0.311 e. The van der Waals surface area contributed by atoms with E-state index in [9.17, 15) is 10.1 Å². The number of ether oxygens (including phenoxy) is 1. The second-order valence-electron chi connectivity index (χ2n) is 4.97. The Hall–Kier alpha value is -2.36. The fourth-order valence-corrected chi connectivity index (χ4v) is 1.94. The molecular formula is C16H17NO3. The van der Waals surface area contributed by atoms with E-state index >= 15 is 0 Å². The third-order valence-corrected chi connectivity index (χ3v) is 2.90. The second-order valence-corrected chi connectivity index (χ2v) is 4.97. The predicted molar refractivity (Wildman–Crippen MR) is 79.0 cm³/mol. The fourth-order valence-electron chi connectivity index (χ4n) is 1.94. The van der Waals surface area contributed by atoms with E-state index in [1.54, 1.807) is 12.1 Å². The minimum absolute atomic E-state index is 0.00299. The number of hydrogen-bond acceptors (Lipinski definition) is 3. The van der Waals surface area contributed by atoms with E-state index in [1.165, 1.54) is 0 Å². The number of hydrogen-bond donors (Lipinski definition) is 0. The summed E-state index contributed by atoms with van der Waals surface area (Å²) in [6, 6.07) is 12.9. The van der Waals surface area contributed by atoms with Crippen LogP contribution in [0.2, 0.25) is 0 Å². The molecule has 2 rings (SSSR count). The average Bonchev–Trinajstić information content (AvgIpc) is 2.39. The Morgan fingerprint density at radius 3 is 2.20 bits per heavy atom. The van der Waals surface area contributed by atoms with Crippen molar-refractivity contribution in [3.8, 4) is 16.9 Å². The molecule has 0 unspecified atom stereocenters. The van der Waals surface area contributed by atoms with Crippen LogP contribution in [0, 0.1) is 17.0 Å². The van der Waals surface area contributed by atoms with Crippen LogP contribution in [0.1, 0.15) is 19.4 Å². The molecule has 20 heavy (non-hydrogen) atoms. The van der Waals surface area contributed by atoms with Crippen molar-refractivity contribution in [3.05, 3.63) is 58.1 Å². The van der Waals surface area contributed by atoms with Crippen molar-refractivity contribution >= 4 is 5.69 Å². The van der Waals surface area contributed by atoms with Crippen molar-refractivity contribution in [1.29, 1.82) is 0 Å². The van der Waals surface area contributed by atoms with Gasteiger partial charge in [-0.3, -0.25) is 10.1 Å². The Labute approximate surface area is 118 Å². The highest BCUT2D eigenvalue weighted by Crippen LogP contribution is 2.33. The van der Waals surface area contributed by atoms with Gasteiger partial charge in [-0.15, -0.1) is 0 Å². The minimum Gasteiger partial charge on any atom is -0.484 e. The number of nitro benzene ring substituents is 1. The maximum absolute atomic E-state index is 11.2. The normalized spacial score (nSPS) is 10.6. The molecule has 0 saturated heterocycles. The molecule has 2 aromatic carbocycles. The predicted octanol–water partition coefficient (Wildman–Crippen LogP) is 4.36. The van der Waals surface area contributed by atoms with Crippen molar-refractivity contribution in [1.82, 2.24) is 0 Å². The van der Waals surface area contributed by atoms with Gasteiger partial charge in [0.05, 0.1) is 11.0 Å². The molecule has 2 aromatic rings. The molecular weight excluding hydrogens is 254 g/mol. The van der Waals surface area contributed by atoms with Gasteiger partial charge in [-0.2, -0.15) is 0 Å². The third-order valence-electron chi connectivity index (χ3n) is 2.90. The SMILES string of the molecule is Cc1ccc(-c2ccc(OC(C)C)c([N+](=O)[O-])c2)cc1. The molecule has 104 valence electrons. The van der Waals surface area contributed by atoms with Crippen molar-refractivity contribution in [2.75, 3.05) is 0 Å². The van der Waals surface area contributed by atoms with Crippen LogP contribution in [-0.4, -0.2) is 11.0 Å². The topological polar surface area (TPSA) is 52.4 Å². The number of rotatable bonds is 4. The van der Waals surface area contributed by atoms with Gasteiger partial charge in [0.25, 0.3) is 0 Å².